The maximum atomic E-state index is 12.4. The maximum absolute atomic E-state index is 12.4. The van der Waals surface area contributed by atoms with Gasteiger partial charge in [-0.25, -0.2) is 4.79 Å². The van der Waals surface area contributed by atoms with Gasteiger partial charge in [-0.15, -0.1) is 0 Å². The van der Waals surface area contributed by atoms with Crippen LogP contribution in [-0.4, -0.2) is 33.8 Å². The van der Waals surface area contributed by atoms with E-state index in [1.165, 1.54) is 10.9 Å². The lowest BCUT2D eigenvalue weighted by Crippen LogP contribution is -2.52. The minimum Gasteiger partial charge on any atom is -0.464 e. The van der Waals surface area contributed by atoms with Crippen molar-refractivity contribution < 1.29 is 14.3 Å². The molecule has 1 amide bonds. The molecule has 0 saturated heterocycles. The second-order valence-corrected chi connectivity index (χ2v) is 6.62. The summed E-state index contributed by atoms with van der Waals surface area (Å²) in [5.74, 6) is -0.561. The van der Waals surface area contributed by atoms with Gasteiger partial charge < -0.3 is 15.8 Å². The van der Waals surface area contributed by atoms with Gasteiger partial charge in [0.1, 0.15) is 0 Å². The smallest absolute Gasteiger partial charge is 0.333 e. The summed E-state index contributed by atoms with van der Waals surface area (Å²) in [5.41, 5.74) is 5.00. The SMILES string of the molecule is CCOC(=O)C(C)(C)n1cc(NC(=O)C2(N)CCCCC2)cn1. The van der Waals surface area contributed by atoms with Crippen LogP contribution in [0.15, 0.2) is 12.4 Å². The van der Waals surface area contributed by atoms with Gasteiger partial charge in [0, 0.05) is 6.20 Å². The van der Waals surface area contributed by atoms with Crippen molar-refractivity contribution >= 4 is 17.6 Å². The minimum atomic E-state index is -0.940. The number of carbonyl (C=O) groups is 2. The Morgan fingerprint density at radius 2 is 2.04 bits per heavy atom. The summed E-state index contributed by atoms with van der Waals surface area (Å²) in [5, 5.41) is 6.99. The number of nitrogens with two attached hydrogens (primary N) is 1. The molecule has 0 unspecified atom stereocenters. The lowest BCUT2D eigenvalue weighted by molar-refractivity contribution is -0.152. The number of anilines is 1. The lowest BCUT2D eigenvalue weighted by Gasteiger charge is -2.31. The van der Waals surface area contributed by atoms with Crippen molar-refractivity contribution in [1.82, 2.24) is 9.78 Å². The molecule has 0 aromatic carbocycles. The number of carbonyl (C=O) groups excluding carboxylic acids is 2. The summed E-state index contributed by atoms with van der Waals surface area (Å²) in [7, 11) is 0. The molecule has 0 atom stereocenters. The molecule has 1 aliphatic carbocycles. The van der Waals surface area contributed by atoms with Gasteiger partial charge in [-0.1, -0.05) is 19.3 Å². The van der Waals surface area contributed by atoms with Gasteiger partial charge >= 0.3 is 5.97 Å². The molecule has 1 aromatic rings. The molecule has 0 spiro atoms. The van der Waals surface area contributed by atoms with Crippen LogP contribution in [0.1, 0.15) is 52.9 Å². The summed E-state index contributed by atoms with van der Waals surface area (Å²) in [6, 6.07) is 0. The highest BCUT2D eigenvalue weighted by Gasteiger charge is 2.36. The van der Waals surface area contributed by atoms with Crippen molar-refractivity contribution in [2.75, 3.05) is 11.9 Å². The van der Waals surface area contributed by atoms with E-state index in [1.807, 2.05) is 0 Å². The van der Waals surface area contributed by atoms with E-state index in [0.717, 1.165) is 19.3 Å². The Kier molecular flexibility index (Phi) is 5.09. The third-order valence-electron chi connectivity index (χ3n) is 4.39. The van der Waals surface area contributed by atoms with Gasteiger partial charge in [-0.2, -0.15) is 5.10 Å². The van der Waals surface area contributed by atoms with Gasteiger partial charge in [-0.05, 0) is 33.6 Å². The van der Waals surface area contributed by atoms with E-state index < -0.39 is 11.1 Å². The molecule has 0 radical (unpaired) electrons. The molecular weight excluding hydrogens is 296 g/mol. The Labute approximate surface area is 136 Å². The minimum absolute atomic E-state index is 0.189. The van der Waals surface area contributed by atoms with Gasteiger partial charge in [-0.3, -0.25) is 9.48 Å². The number of rotatable bonds is 5. The monoisotopic (exact) mass is 322 g/mol. The van der Waals surface area contributed by atoms with Gasteiger partial charge in [0.05, 0.1) is 24.0 Å². The molecule has 1 saturated carbocycles. The second kappa shape index (κ2) is 6.70. The van der Waals surface area contributed by atoms with Crippen molar-refractivity contribution in [3.8, 4) is 0 Å². The fraction of sp³-hybridized carbons (Fsp3) is 0.688. The van der Waals surface area contributed by atoms with Gasteiger partial charge in [0.25, 0.3) is 0 Å². The van der Waals surface area contributed by atoms with Crippen LogP contribution in [0, 0.1) is 0 Å². The number of nitrogens with one attached hydrogen (secondary N) is 1. The van der Waals surface area contributed by atoms with Gasteiger partial charge in [0.2, 0.25) is 5.91 Å². The fourth-order valence-corrected chi connectivity index (χ4v) is 2.76. The molecule has 7 nitrogen and oxygen atoms in total. The zero-order chi connectivity index (χ0) is 17.1. The lowest BCUT2D eigenvalue weighted by atomic mass is 9.82. The molecule has 1 fully saturated rings. The van der Waals surface area contributed by atoms with Crippen LogP contribution in [0.25, 0.3) is 0 Å². The average Bonchev–Trinajstić information content (AvgIpc) is 2.97. The van der Waals surface area contributed by atoms with Crippen molar-refractivity contribution in [2.45, 2.75) is 64.0 Å². The van der Waals surface area contributed by atoms with E-state index in [-0.39, 0.29) is 11.9 Å². The van der Waals surface area contributed by atoms with E-state index in [1.54, 1.807) is 27.0 Å². The highest BCUT2D eigenvalue weighted by atomic mass is 16.5. The summed E-state index contributed by atoms with van der Waals surface area (Å²) in [4.78, 5) is 24.4. The van der Waals surface area contributed by atoms with Crippen LogP contribution in [0.4, 0.5) is 5.69 Å². The Morgan fingerprint density at radius 3 is 2.65 bits per heavy atom. The quantitative estimate of drug-likeness (QED) is 0.805. The molecule has 1 heterocycles. The second-order valence-electron chi connectivity index (χ2n) is 6.62. The molecular formula is C16H26N4O3. The molecule has 0 bridgehead atoms. The van der Waals surface area contributed by atoms with Crippen LogP contribution in [0.5, 0.6) is 0 Å². The van der Waals surface area contributed by atoms with Crippen LogP contribution in [0.3, 0.4) is 0 Å². The first-order chi connectivity index (χ1) is 10.8. The number of hydrogen-bond donors (Lipinski definition) is 2. The van der Waals surface area contributed by atoms with Crippen molar-refractivity contribution in [2.24, 2.45) is 5.73 Å². The standard InChI is InChI=1S/C16H26N4O3/c1-4-23-14(22)15(2,3)20-11-12(10-18-20)19-13(21)16(17)8-6-5-7-9-16/h10-11H,4-9,17H2,1-3H3,(H,19,21). The van der Waals surface area contributed by atoms with Crippen LogP contribution in [0.2, 0.25) is 0 Å². The first kappa shape index (κ1) is 17.5. The van der Waals surface area contributed by atoms with E-state index in [2.05, 4.69) is 10.4 Å². The predicted octanol–water partition coefficient (Wildman–Crippen LogP) is 1.78. The Hall–Kier alpha value is -1.89. The first-order valence-electron chi connectivity index (χ1n) is 8.12. The zero-order valence-electron chi connectivity index (χ0n) is 14.1. The summed E-state index contributed by atoms with van der Waals surface area (Å²) >= 11 is 0. The molecule has 1 aromatic heterocycles. The summed E-state index contributed by atoms with van der Waals surface area (Å²) in [6.45, 7) is 5.50. The molecule has 2 rings (SSSR count). The van der Waals surface area contributed by atoms with E-state index in [9.17, 15) is 9.59 Å². The maximum Gasteiger partial charge on any atom is 0.333 e. The first-order valence-corrected chi connectivity index (χ1v) is 8.12. The van der Waals surface area contributed by atoms with Crippen LogP contribution >= 0.6 is 0 Å². The molecule has 1 aliphatic rings. The average molecular weight is 322 g/mol. The predicted molar refractivity (Wildman–Crippen MR) is 86.8 cm³/mol. The zero-order valence-corrected chi connectivity index (χ0v) is 14.1. The number of aromatic nitrogens is 2. The van der Waals surface area contributed by atoms with Crippen molar-refractivity contribution in [3.05, 3.63) is 12.4 Å². The van der Waals surface area contributed by atoms with Crippen molar-refractivity contribution in [3.63, 3.8) is 0 Å². The number of nitrogens with zero attached hydrogens (tertiary/aromatic N) is 2. The summed E-state index contributed by atoms with van der Waals surface area (Å²) in [6.07, 6.45) is 7.60. The van der Waals surface area contributed by atoms with Gasteiger partial charge in [0.15, 0.2) is 5.54 Å². The molecule has 0 aliphatic heterocycles. The van der Waals surface area contributed by atoms with Crippen LogP contribution in [-0.2, 0) is 19.9 Å². The third kappa shape index (κ3) is 3.72. The van der Waals surface area contributed by atoms with E-state index in [0.29, 0.717) is 25.1 Å². The highest BCUT2D eigenvalue weighted by Crippen LogP contribution is 2.27. The van der Waals surface area contributed by atoms with Crippen molar-refractivity contribution in [1.29, 1.82) is 0 Å². The molecule has 128 valence electrons. The number of amides is 1. The number of esters is 1. The van der Waals surface area contributed by atoms with Crippen LogP contribution < -0.4 is 11.1 Å². The number of hydrogen-bond acceptors (Lipinski definition) is 5. The third-order valence-corrected chi connectivity index (χ3v) is 4.39. The normalized spacial score (nSPS) is 17.6. The largest absolute Gasteiger partial charge is 0.464 e. The molecule has 23 heavy (non-hydrogen) atoms. The van der Waals surface area contributed by atoms with E-state index >= 15 is 0 Å². The number of ether oxygens (including phenoxy) is 1. The summed E-state index contributed by atoms with van der Waals surface area (Å²) < 4.78 is 6.55. The highest BCUT2D eigenvalue weighted by molar-refractivity contribution is 5.97. The Balaban J connectivity index is 2.07. The van der Waals surface area contributed by atoms with E-state index in [4.69, 9.17) is 10.5 Å². The topological polar surface area (TPSA) is 99.2 Å². The molecule has 7 heteroatoms. The Bertz CT molecular complexity index is 574. The fourth-order valence-electron chi connectivity index (χ4n) is 2.76. The Morgan fingerprint density at radius 1 is 1.39 bits per heavy atom. The molecule has 3 N–H and O–H groups in total.